The summed E-state index contributed by atoms with van der Waals surface area (Å²) in [6, 6.07) is 78.1. The highest BCUT2D eigenvalue weighted by Gasteiger charge is 2.55. The predicted molar refractivity (Wildman–Crippen MR) is 244 cm³/mol. The summed E-state index contributed by atoms with van der Waals surface area (Å²) in [6.07, 6.45) is 0. The molecule has 10 aromatic rings. The largest absolute Gasteiger partial charge is 0.422 e. The molecule has 1 fully saturated rings. The van der Waals surface area contributed by atoms with Crippen molar-refractivity contribution in [2.75, 3.05) is 14.2 Å². The maximum Gasteiger partial charge on any atom is 0.388 e. The number of imidazole rings is 1. The summed E-state index contributed by atoms with van der Waals surface area (Å²) in [4.78, 5) is 4.85. The minimum Gasteiger partial charge on any atom is -0.422 e. The van der Waals surface area contributed by atoms with E-state index in [1.807, 2.05) is 18.2 Å². The molecule has 1 saturated heterocycles. The van der Waals surface area contributed by atoms with E-state index in [4.69, 9.17) is 9.40 Å². The number of benzene rings is 8. The third kappa shape index (κ3) is 5.66. The van der Waals surface area contributed by atoms with E-state index < -0.39 is 0 Å². The molecule has 0 bridgehead atoms. The molecule has 11 rings (SSSR count). The van der Waals surface area contributed by atoms with Crippen molar-refractivity contribution in [1.29, 1.82) is 0 Å². The number of aromatic nitrogens is 2. The molecule has 9 heteroatoms. The van der Waals surface area contributed by atoms with Gasteiger partial charge in [-0.1, -0.05) is 164 Å². The van der Waals surface area contributed by atoms with E-state index in [0.29, 0.717) is 5.84 Å². The van der Waals surface area contributed by atoms with Crippen LogP contribution in [0, 0.1) is 0 Å². The summed E-state index contributed by atoms with van der Waals surface area (Å²) < 4.78 is 16.5. The van der Waals surface area contributed by atoms with Gasteiger partial charge in [-0.2, -0.15) is 4.98 Å². The second-order valence-corrected chi connectivity index (χ2v) is 14.8. The Balaban J connectivity index is 1.19. The van der Waals surface area contributed by atoms with Gasteiger partial charge in [0.2, 0.25) is 0 Å². The van der Waals surface area contributed by atoms with Gasteiger partial charge in [0.05, 0.1) is 16.6 Å². The Morgan fingerprint density at radius 2 is 0.810 bits per heavy atom. The van der Waals surface area contributed by atoms with E-state index in [1.165, 1.54) is 16.4 Å². The Kier molecular flexibility index (Phi) is 8.36. The van der Waals surface area contributed by atoms with Crippen molar-refractivity contribution >= 4 is 82.4 Å². The van der Waals surface area contributed by atoms with Crippen LogP contribution in [0.1, 0.15) is 0 Å². The zero-order valence-electron chi connectivity index (χ0n) is 31.7. The fourth-order valence-corrected chi connectivity index (χ4v) is 8.96. The van der Waals surface area contributed by atoms with Crippen molar-refractivity contribution in [2.45, 2.75) is 0 Å². The molecular formula is C49H36B3N5O. The van der Waals surface area contributed by atoms with Gasteiger partial charge in [0.25, 0.3) is 0 Å². The van der Waals surface area contributed by atoms with Crippen LogP contribution in [0.25, 0.3) is 39.1 Å². The number of hydrogen-bond donors (Lipinski definition) is 0. The standard InChI is InChI=1S/C49H36B3N5O/c1-6-21-38(22-7-1)50-55(41-27-12-4-13-28-41)51(39-23-8-2-9-24-39)57(52(40-25-10-3-11-26-40)56(50)42-29-14-5-15-30-42)43-31-18-20-37(36-43)44-32-19-35-47-48(44)58-49-53-45-33-16-17-34-46(45)54(47)49/h1-36H. The van der Waals surface area contributed by atoms with Crippen LogP contribution >= 0.6 is 0 Å². The van der Waals surface area contributed by atoms with Crippen molar-refractivity contribution in [3.05, 3.63) is 218 Å². The van der Waals surface area contributed by atoms with E-state index in [-0.39, 0.29) is 20.9 Å². The molecule has 1 aliphatic rings. The van der Waals surface area contributed by atoms with Gasteiger partial charge < -0.3 is 18.6 Å². The zero-order chi connectivity index (χ0) is 38.4. The van der Waals surface area contributed by atoms with Crippen LogP contribution in [-0.4, -0.2) is 30.3 Å². The first-order chi connectivity index (χ1) is 28.8. The number of para-hydroxylation sites is 5. The van der Waals surface area contributed by atoms with Crippen molar-refractivity contribution in [3.63, 3.8) is 0 Å². The molecule has 0 N–H and O–H groups in total. The number of hydrogen-bond acceptors (Lipinski definition) is 5. The second-order valence-electron chi connectivity index (χ2n) is 14.8. The Hall–Kier alpha value is -7.38. The van der Waals surface area contributed by atoms with Crippen LogP contribution in [0.4, 0.5) is 17.1 Å². The lowest BCUT2D eigenvalue weighted by molar-refractivity contribution is 0.644. The van der Waals surface area contributed by atoms with Crippen LogP contribution in [0.5, 0.6) is 0 Å². The normalized spacial score (nSPS) is 13.3. The molecule has 2 aromatic heterocycles. The van der Waals surface area contributed by atoms with Crippen LogP contribution < -0.4 is 30.6 Å². The quantitative estimate of drug-likeness (QED) is 0.153. The number of anilines is 3. The van der Waals surface area contributed by atoms with Crippen LogP contribution in [0.2, 0.25) is 0 Å². The monoisotopic (exact) mass is 743 g/mol. The molecule has 58 heavy (non-hydrogen) atoms. The van der Waals surface area contributed by atoms with Crippen molar-refractivity contribution < 1.29 is 4.42 Å². The van der Waals surface area contributed by atoms with Gasteiger partial charge >= 0.3 is 26.8 Å². The number of rotatable bonds is 7. The van der Waals surface area contributed by atoms with E-state index in [9.17, 15) is 0 Å². The van der Waals surface area contributed by atoms with Gasteiger partial charge in [0.1, 0.15) is 0 Å². The molecule has 0 radical (unpaired) electrons. The van der Waals surface area contributed by atoms with Crippen molar-refractivity contribution in [2.24, 2.45) is 0 Å². The average molecular weight is 743 g/mol. The highest BCUT2D eigenvalue weighted by Crippen LogP contribution is 2.38. The van der Waals surface area contributed by atoms with Gasteiger partial charge in [-0.3, -0.25) is 4.40 Å². The number of fused-ring (bicyclic) bond motifs is 5. The minimum absolute atomic E-state index is 0.191. The van der Waals surface area contributed by atoms with Gasteiger partial charge in [-0.25, -0.2) is 0 Å². The average Bonchev–Trinajstić information content (AvgIpc) is 3.86. The van der Waals surface area contributed by atoms with Gasteiger partial charge in [0.15, 0.2) is 5.58 Å². The van der Waals surface area contributed by atoms with Crippen molar-refractivity contribution in [1.82, 2.24) is 9.38 Å². The molecule has 272 valence electrons. The molecule has 0 unspecified atom stereocenters. The summed E-state index contributed by atoms with van der Waals surface area (Å²) in [5, 5.41) is 0. The lowest BCUT2D eigenvalue weighted by Crippen LogP contribution is -2.86. The van der Waals surface area contributed by atoms with E-state index in [2.05, 4.69) is 219 Å². The molecular weight excluding hydrogens is 707 g/mol. The molecule has 3 heterocycles. The first-order valence-electron chi connectivity index (χ1n) is 19.8. The summed E-state index contributed by atoms with van der Waals surface area (Å²) in [7, 11) is 0. The highest BCUT2D eigenvalue weighted by molar-refractivity contribution is 7.14. The van der Waals surface area contributed by atoms with E-state index >= 15 is 0 Å². The maximum absolute atomic E-state index is 6.62. The Labute approximate surface area is 338 Å². The fraction of sp³-hybridized carbons (Fsp3) is 0. The highest BCUT2D eigenvalue weighted by atomic mass is 16.4. The van der Waals surface area contributed by atoms with Gasteiger partial charge in [-0.05, 0) is 76.5 Å². The topological polar surface area (TPSA) is 40.2 Å². The fourth-order valence-electron chi connectivity index (χ4n) is 8.96. The second kappa shape index (κ2) is 14.3. The molecule has 0 aliphatic carbocycles. The van der Waals surface area contributed by atoms with E-state index in [0.717, 1.165) is 50.3 Å². The first kappa shape index (κ1) is 33.9. The number of nitrogens with zero attached hydrogens (tertiary/aromatic N) is 5. The Morgan fingerprint density at radius 1 is 0.379 bits per heavy atom. The number of oxazole rings is 1. The molecule has 0 saturated carbocycles. The Bertz CT molecular complexity index is 2910. The third-order valence-electron chi connectivity index (χ3n) is 11.4. The summed E-state index contributed by atoms with van der Waals surface area (Å²) in [5.74, 6) is 0.591. The zero-order valence-corrected chi connectivity index (χ0v) is 31.7. The summed E-state index contributed by atoms with van der Waals surface area (Å²) in [5.41, 5.74) is 12.7. The lowest BCUT2D eigenvalue weighted by atomic mass is 9.37. The predicted octanol–water partition coefficient (Wildman–Crippen LogP) is 8.92. The molecule has 0 amide bonds. The van der Waals surface area contributed by atoms with Crippen LogP contribution in [0.15, 0.2) is 223 Å². The van der Waals surface area contributed by atoms with Crippen LogP contribution in [-0.2, 0) is 0 Å². The lowest BCUT2D eigenvalue weighted by Gasteiger charge is -2.57. The first-order valence-corrected chi connectivity index (χ1v) is 19.8. The summed E-state index contributed by atoms with van der Waals surface area (Å²) in [6.45, 7) is -0.657. The smallest absolute Gasteiger partial charge is 0.388 e. The van der Waals surface area contributed by atoms with Crippen molar-refractivity contribution in [3.8, 4) is 11.1 Å². The van der Waals surface area contributed by atoms with E-state index in [1.54, 1.807) is 0 Å². The third-order valence-corrected chi connectivity index (χ3v) is 11.4. The van der Waals surface area contributed by atoms with Gasteiger partial charge in [0, 0.05) is 22.6 Å². The van der Waals surface area contributed by atoms with Crippen LogP contribution in [0.3, 0.4) is 0 Å². The molecule has 0 atom stereocenters. The molecule has 1 aliphatic heterocycles. The minimum atomic E-state index is -0.233. The summed E-state index contributed by atoms with van der Waals surface area (Å²) >= 11 is 0. The SMILES string of the molecule is c1ccc(B2N(c3ccccc3)B(c3ccccc3)N(c3cccc(-c4cccc5c4oc4nc6ccccc6n45)c3)B(c3ccccc3)N2c2ccccc2)cc1. The maximum atomic E-state index is 6.62. The Morgan fingerprint density at radius 3 is 1.36 bits per heavy atom. The van der Waals surface area contributed by atoms with Gasteiger partial charge in [-0.15, -0.1) is 0 Å². The molecule has 6 nitrogen and oxygen atoms in total. The molecule has 8 aromatic carbocycles. The molecule has 0 spiro atoms.